The molecule has 0 saturated heterocycles. The van der Waals surface area contributed by atoms with Crippen LogP contribution >= 0.6 is 0 Å². The van der Waals surface area contributed by atoms with Gasteiger partial charge >= 0.3 is 5.97 Å². The monoisotopic (exact) mass is 282 g/mol. The van der Waals surface area contributed by atoms with Crippen LogP contribution in [0, 0.1) is 17.8 Å². The lowest BCUT2D eigenvalue weighted by atomic mass is 9.95. The van der Waals surface area contributed by atoms with Crippen molar-refractivity contribution in [3.8, 4) is 0 Å². The second kappa shape index (κ2) is 6.24. The molecule has 3 N–H and O–H groups in total. The van der Waals surface area contributed by atoms with E-state index in [1.54, 1.807) is 0 Å². The summed E-state index contributed by atoms with van der Waals surface area (Å²) in [6, 6.07) is 0.266. The van der Waals surface area contributed by atoms with Gasteiger partial charge in [0.05, 0.1) is 18.4 Å². The second-order valence-corrected chi connectivity index (χ2v) is 5.86. The first-order chi connectivity index (χ1) is 9.51. The van der Waals surface area contributed by atoms with Gasteiger partial charge in [0, 0.05) is 6.04 Å². The van der Waals surface area contributed by atoms with Crippen molar-refractivity contribution in [2.45, 2.75) is 45.1 Å². The van der Waals surface area contributed by atoms with Crippen LogP contribution in [0.5, 0.6) is 0 Å². The third-order valence-corrected chi connectivity index (χ3v) is 4.26. The molecule has 0 heterocycles. The van der Waals surface area contributed by atoms with Gasteiger partial charge in [-0.15, -0.1) is 0 Å². The Labute approximate surface area is 118 Å². The topological polar surface area (TPSA) is 95.5 Å². The minimum atomic E-state index is -0.913. The number of rotatable bonds is 6. The van der Waals surface area contributed by atoms with E-state index in [1.807, 2.05) is 6.92 Å². The molecule has 3 atom stereocenters. The number of carboxylic acids is 1. The highest BCUT2D eigenvalue weighted by Crippen LogP contribution is 2.38. The SMILES string of the molecule is CCC1CC(C(=O)O)C(C(=O)NCC(=O)NC2CC2)C1. The van der Waals surface area contributed by atoms with Crippen molar-refractivity contribution >= 4 is 17.8 Å². The third kappa shape index (κ3) is 3.71. The molecule has 6 nitrogen and oxygen atoms in total. The van der Waals surface area contributed by atoms with E-state index in [1.165, 1.54) is 0 Å². The molecule has 2 aliphatic rings. The minimum Gasteiger partial charge on any atom is -0.481 e. The van der Waals surface area contributed by atoms with Gasteiger partial charge in [-0.25, -0.2) is 0 Å². The van der Waals surface area contributed by atoms with Crippen molar-refractivity contribution in [1.29, 1.82) is 0 Å². The Balaban J connectivity index is 1.83. The molecular formula is C14H22N2O4. The van der Waals surface area contributed by atoms with Crippen molar-refractivity contribution in [3.05, 3.63) is 0 Å². The molecule has 2 fully saturated rings. The molecule has 0 aliphatic heterocycles. The number of nitrogens with one attached hydrogen (secondary N) is 2. The number of hydrogen-bond acceptors (Lipinski definition) is 3. The largest absolute Gasteiger partial charge is 0.481 e. The standard InChI is InChI=1S/C14H22N2O4/c1-2-8-5-10(11(6-8)14(19)20)13(18)15-7-12(17)16-9-3-4-9/h8-11H,2-7H2,1H3,(H,15,18)(H,16,17)(H,19,20). The van der Waals surface area contributed by atoms with Crippen LogP contribution in [-0.2, 0) is 14.4 Å². The molecule has 2 saturated carbocycles. The first-order valence-electron chi connectivity index (χ1n) is 7.31. The van der Waals surface area contributed by atoms with Crippen LogP contribution in [-0.4, -0.2) is 35.5 Å². The predicted octanol–water partition coefficient (Wildman–Crippen LogP) is 0.518. The van der Waals surface area contributed by atoms with Crippen LogP contribution in [0.1, 0.15) is 39.0 Å². The van der Waals surface area contributed by atoms with Crippen LogP contribution < -0.4 is 10.6 Å². The third-order valence-electron chi connectivity index (χ3n) is 4.26. The van der Waals surface area contributed by atoms with Crippen LogP contribution in [0.2, 0.25) is 0 Å². The smallest absolute Gasteiger partial charge is 0.307 e. The van der Waals surface area contributed by atoms with E-state index in [0.29, 0.717) is 12.8 Å². The molecule has 0 aromatic carbocycles. The van der Waals surface area contributed by atoms with Gasteiger partial charge in [0.2, 0.25) is 11.8 Å². The van der Waals surface area contributed by atoms with Crippen molar-refractivity contribution in [3.63, 3.8) is 0 Å². The van der Waals surface area contributed by atoms with Gasteiger partial charge < -0.3 is 15.7 Å². The fourth-order valence-corrected chi connectivity index (χ4v) is 2.84. The maximum atomic E-state index is 12.1. The lowest BCUT2D eigenvalue weighted by Crippen LogP contribution is -2.41. The highest BCUT2D eigenvalue weighted by molar-refractivity contribution is 5.89. The maximum Gasteiger partial charge on any atom is 0.307 e. The Kier molecular flexibility index (Phi) is 4.62. The Morgan fingerprint density at radius 2 is 1.80 bits per heavy atom. The Hall–Kier alpha value is -1.59. The van der Waals surface area contributed by atoms with E-state index in [2.05, 4.69) is 10.6 Å². The molecule has 2 rings (SSSR count). The zero-order valence-electron chi connectivity index (χ0n) is 11.7. The van der Waals surface area contributed by atoms with Gasteiger partial charge in [0.1, 0.15) is 0 Å². The number of carboxylic acid groups (broad SMARTS) is 1. The summed E-state index contributed by atoms with van der Waals surface area (Å²) in [5.41, 5.74) is 0. The van der Waals surface area contributed by atoms with E-state index < -0.39 is 17.8 Å². The average molecular weight is 282 g/mol. The minimum absolute atomic E-state index is 0.0606. The quantitative estimate of drug-likeness (QED) is 0.661. The van der Waals surface area contributed by atoms with E-state index >= 15 is 0 Å². The van der Waals surface area contributed by atoms with E-state index in [4.69, 9.17) is 0 Å². The van der Waals surface area contributed by atoms with Gasteiger partial charge in [-0.2, -0.15) is 0 Å². The molecule has 0 spiro atoms. The first-order valence-corrected chi connectivity index (χ1v) is 7.31. The molecule has 0 aromatic rings. The van der Waals surface area contributed by atoms with Gasteiger partial charge in [-0.05, 0) is 31.6 Å². The predicted molar refractivity (Wildman–Crippen MR) is 71.8 cm³/mol. The average Bonchev–Trinajstić information content (AvgIpc) is 3.10. The zero-order chi connectivity index (χ0) is 14.7. The number of carbonyl (C=O) groups excluding carboxylic acids is 2. The molecule has 112 valence electrons. The summed E-state index contributed by atoms with van der Waals surface area (Å²) >= 11 is 0. The summed E-state index contributed by atoms with van der Waals surface area (Å²) in [5.74, 6) is -2.26. The fourth-order valence-electron chi connectivity index (χ4n) is 2.84. The van der Waals surface area contributed by atoms with Gasteiger partial charge in [-0.3, -0.25) is 14.4 Å². The fraction of sp³-hybridized carbons (Fsp3) is 0.786. The van der Waals surface area contributed by atoms with Crippen molar-refractivity contribution in [1.82, 2.24) is 10.6 Å². The van der Waals surface area contributed by atoms with Crippen molar-refractivity contribution in [2.24, 2.45) is 17.8 Å². The first kappa shape index (κ1) is 14.8. The van der Waals surface area contributed by atoms with E-state index in [9.17, 15) is 19.5 Å². The highest BCUT2D eigenvalue weighted by atomic mass is 16.4. The normalized spacial score (nSPS) is 28.9. The van der Waals surface area contributed by atoms with Crippen LogP contribution in [0.15, 0.2) is 0 Å². The second-order valence-electron chi connectivity index (χ2n) is 5.86. The zero-order valence-corrected chi connectivity index (χ0v) is 11.7. The van der Waals surface area contributed by atoms with Crippen LogP contribution in [0.3, 0.4) is 0 Å². The van der Waals surface area contributed by atoms with Gasteiger partial charge in [-0.1, -0.05) is 13.3 Å². The molecule has 3 unspecified atom stereocenters. The Bertz CT molecular complexity index is 406. The molecule has 0 bridgehead atoms. The van der Waals surface area contributed by atoms with Gasteiger partial charge in [0.25, 0.3) is 0 Å². The highest BCUT2D eigenvalue weighted by Gasteiger charge is 2.42. The summed E-state index contributed by atoms with van der Waals surface area (Å²) < 4.78 is 0. The molecule has 0 radical (unpaired) electrons. The van der Waals surface area contributed by atoms with E-state index in [-0.39, 0.29) is 30.3 Å². The molecule has 2 amide bonds. The van der Waals surface area contributed by atoms with Crippen molar-refractivity contribution in [2.75, 3.05) is 6.54 Å². The number of aliphatic carboxylic acids is 1. The number of hydrogen-bond donors (Lipinski definition) is 3. The molecular weight excluding hydrogens is 260 g/mol. The van der Waals surface area contributed by atoms with Crippen LogP contribution in [0.25, 0.3) is 0 Å². The summed E-state index contributed by atoms with van der Waals surface area (Å²) in [5, 5.41) is 14.5. The summed E-state index contributed by atoms with van der Waals surface area (Å²) in [7, 11) is 0. The van der Waals surface area contributed by atoms with Crippen molar-refractivity contribution < 1.29 is 19.5 Å². The summed E-state index contributed by atoms with van der Waals surface area (Å²) in [4.78, 5) is 34.8. The lowest BCUT2D eigenvalue weighted by molar-refractivity contribution is -0.146. The summed E-state index contributed by atoms with van der Waals surface area (Å²) in [6.45, 7) is 1.95. The summed E-state index contributed by atoms with van der Waals surface area (Å²) in [6.07, 6.45) is 4.04. The van der Waals surface area contributed by atoms with E-state index in [0.717, 1.165) is 19.3 Å². The maximum absolute atomic E-state index is 12.1. The molecule has 20 heavy (non-hydrogen) atoms. The molecule has 2 aliphatic carbocycles. The Morgan fingerprint density at radius 1 is 1.15 bits per heavy atom. The molecule has 0 aromatic heterocycles. The Morgan fingerprint density at radius 3 is 2.35 bits per heavy atom. The lowest BCUT2D eigenvalue weighted by Gasteiger charge is -2.15. The molecule has 6 heteroatoms. The number of amides is 2. The van der Waals surface area contributed by atoms with Gasteiger partial charge in [0.15, 0.2) is 0 Å². The number of carbonyl (C=O) groups is 3. The van der Waals surface area contributed by atoms with Crippen LogP contribution in [0.4, 0.5) is 0 Å².